The van der Waals surface area contributed by atoms with Crippen LogP contribution in [0.4, 0.5) is 0 Å². The number of ether oxygens (including phenoxy) is 1. The molecule has 0 spiro atoms. The molecule has 22 heavy (non-hydrogen) atoms. The van der Waals surface area contributed by atoms with Gasteiger partial charge in [-0.15, -0.1) is 0 Å². The number of aromatic amines is 1. The molecule has 0 radical (unpaired) electrons. The molecule has 2 aromatic heterocycles. The molecule has 2 aromatic rings. The van der Waals surface area contributed by atoms with E-state index in [1.165, 1.54) is 0 Å². The van der Waals surface area contributed by atoms with Crippen LogP contribution >= 0.6 is 0 Å². The van der Waals surface area contributed by atoms with Crippen molar-refractivity contribution >= 4 is 5.91 Å². The fourth-order valence-corrected chi connectivity index (χ4v) is 2.18. The van der Waals surface area contributed by atoms with E-state index in [0.717, 1.165) is 17.9 Å². The van der Waals surface area contributed by atoms with Gasteiger partial charge in [-0.1, -0.05) is 0 Å². The summed E-state index contributed by atoms with van der Waals surface area (Å²) in [6, 6.07) is 3.74. The minimum absolute atomic E-state index is 0.0980. The second kappa shape index (κ2) is 7.10. The van der Waals surface area contributed by atoms with Crippen LogP contribution < -0.4 is 10.6 Å². The van der Waals surface area contributed by atoms with Crippen molar-refractivity contribution in [3.05, 3.63) is 30.4 Å². The SMILES string of the molecule is O=C(NCCc1nc(-c2cccnc2)n[nH]1)[C@@H]1CNCCO1. The monoisotopic (exact) mass is 302 g/mol. The third-order valence-electron chi connectivity index (χ3n) is 3.33. The predicted octanol–water partition coefficient (Wildman–Crippen LogP) is -0.486. The van der Waals surface area contributed by atoms with Crippen molar-refractivity contribution < 1.29 is 9.53 Å². The van der Waals surface area contributed by atoms with Gasteiger partial charge in [0.15, 0.2) is 5.82 Å². The van der Waals surface area contributed by atoms with Gasteiger partial charge in [-0.05, 0) is 12.1 Å². The largest absolute Gasteiger partial charge is 0.366 e. The van der Waals surface area contributed by atoms with E-state index >= 15 is 0 Å². The molecule has 1 amide bonds. The summed E-state index contributed by atoms with van der Waals surface area (Å²) >= 11 is 0. The first-order valence-corrected chi connectivity index (χ1v) is 7.24. The molecule has 0 bridgehead atoms. The van der Waals surface area contributed by atoms with Gasteiger partial charge >= 0.3 is 0 Å². The highest BCUT2D eigenvalue weighted by molar-refractivity contribution is 5.81. The number of amides is 1. The molecule has 1 aliphatic rings. The van der Waals surface area contributed by atoms with Crippen LogP contribution in [0, 0.1) is 0 Å². The molecule has 116 valence electrons. The number of morpholine rings is 1. The third-order valence-corrected chi connectivity index (χ3v) is 3.33. The first-order valence-electron chi connectivity index (χ1n) is 7.24. The minimum Gasteiger partial charge on any atom is -0.366 e. The molecule has 0 aromatic carbocycles. The molecule has 3 rings (SSSR count). The lowest BCUT2D eigenvalue weighted by Gasteiger charge is -2.22. The Morgan fingerprint density at radius 3 is 3.23 bits per heavy atom. The quantitative estimate of drug-likeness (QED) is 0.688. The average molecular weight is 302 g/mol. The van der Waals surface area contributed by atoms with Crippen molar-refractivity contribution in [3.63, 3.8) is 0 Å². The lowest BCUT2D eigenvalue weighted by atomic mass is 10.2. The molecule has 0 saturated carbocycles. The highest BCUT2D eigenvalue weighted by Crippen LogP contribution is 2.11. The zero-order valence-electron chi connectivity index (χ0n) is 12.1. The Bertz CT molecular complexity index is 609. The molecule has 8 nitrogen and oxygen atoms in total. The Labute approximate surface area is 127 Å². The van der Waals surface area contributed by atoms with Crippen molar-refractivity contribution in [2.24, 2.45) is 0 Å². The number of rotatable bonds is 5. The lowest BCUT2D eigenvalue weighted by molar-refractivity contribution is -0.134. The second-order valence-corrected chi connectivity index (χ2v) is 4.95. The zero-order chi connectivity index (χ0) is 15.2. The van der Waals surface area contributed by atoms with Gasteiger partial charge in [-0.2, -0.15) is 5.10 Å². The first kappa shape index (κ1) is 14.6. The number of hydrogen-bond donors (Lipinski definition) is 3. The number of H-pyrrole nitrogens is 1. The summed E-state index contributed by atoms with van der Waals surface area (Å²) in [5, 5.41) is 13.0. The van der Waals surface area contributed by atoms with Gasteiger partial charge in [0, 0.05) is 44.0 Å². The van der Waals surface area contributed by atoms with Gasteiger partial charge in [0.05, 0.1) is 6.61 Å². The summed E-state index contributed by atoms with van der Waals surface area (Å²) in [6.45, 7) is 2.40. The van der Waals surface area contributed by atoms with Crippen LogP contribution in [0.1, 0.15) is 5.82 Å². The van der Waals surface area contributed by atoms with Crippen LogP contribution in [0.2, 0.25) is 0 Å². The van der Waals surface area contributed by atoms with Crippen molar-refractivity contribution in [1.29, 1.82) is 0 Å². The Hall–Kier alpha value is -2.32. The summed E-state index contributed by atoms with van der Waals surface area (Å²) in [6.07, 6.45) is 3.59. The zero-order valence-corrected chi connectivity index (χ0v) is 12.1. The van der Waals surface area contributed by atoms with Crippen LogP contribution in [-0.2, 0) is 16.0 Å². The van der Waals surface area contributed by atoms with Gasteiger partial charge in [-0.25, -0.2) is 4.98 Å². The molecule has 1 atom stereocenters. The van der Waals surface area contributed by atoms with E-state index < -0.39 is 6.10 Å². The number of nitrogens with one attached hydrogen (secondary N) is 3. The van der Waals surface area contributed by atoms with Gasteiger partial charge in [-0.3, -0.25) is 14.9 Å². The Morgan fingerprint density at radius 2 is 2.45 bits per heavy atom. The number of aromatic nitrogens is 4. The van der Waals surface area contributed by atoms with Crippen molar-refractivity contribution in [2.45, 2.75) is 12.5 Å². The average Bonchev–Trinajstić information content (AvgIpc) is 3.05. The van der Waals surface area contributed by atoms with Crippen molar-refractivity contribution in [2.75, 3.05) is 26.2 Å². The number of carbonyl (C=O) groups is 1. The first-order chi connectivity index (χ1) is 10.8. The Balaban J connectivity index is 1.48. The second-order valence-electron chi connectivity index (χ2n) is 4.95. The van der Waals surface area contributed by atoms with E-state index in [1.807, 2.05) is 12.1 Å². The normalized spacial score (nSPS) is 18.1. The molecule has 3 heterocycles. The van der Waals surface area contributed by atoms with Gasteiger partial charge in [0.2, 0.25) is 5.91 Å². The van der Waals surface area contributed by atoms with Gasteiger partial charge in [0.1, 0.15) is 11.9 Å². The molecule has 1 saturated heterocycles. The van der Waals surface area contributed by atoms with E-state index in [-0.39, 0.29) is 5.91 Å². The standard InChI is InChI=1S/C14H18N6O2/c21-14(11-9-16-6-7-22-11)17-5-3-12-18-13(20-19-12)10-2-1-4-15-8-10/h1-2,4,8,11,16H,3,5-7,9H2,(H,17,21)(H,18,19,20)/t11-/m0/s1. The maximum Gasteiger partial charge on any atom is 0.250 e. The molecule has 0 unspecified atom stereocenters. The van der Waals surface area contributed by atoms with Crippen LogP contribution in [0.25, 0.3) is 11.4 Å². The smallest absolute Gasteiger partial charge is 0.250 e. The third kappa shape index (κ3) is 3.66. The summed E-state index contributed by atoms with van der Waals surface area (Å²) < 4.78 is 5.39. The molecule has 0 aliphatic carbocycles. The van der Waals surface area contributed by atoms with Crippen LogP contribution in [0.3, 0.4) is 0 Å². The summed E-state index contributed by atoms with van der Waals surface area (Å²) in [5.41, 5.74) is 0.857. The van der Waals surface area contributed by atoms with Crippen LogP contribution in [-0.4, -0.2) is 58.4 Å². The topological polar surface area (TPSA) is 105 Å². The van der Waals surface area contributed by atoms with E-state index in [2.05, 4.69) is 30.8 Å². The Kier molecular flexibility index (Phi) is 4.71. The summed E-state index contributed by atoms with van der Waals surface area (Å²) in [7, 11) is 0. The molecular weight excluding hydrogens is 284 g/mol. The highest BCUT2D eigenvalue weighted by atomic mass is 16.5. The fourth-order valence-electron chi connectivity index (χ4n) is 2.18. The van der Waals surface area contributed by atoms with Gasteiger partial charge in [0.25, 0.3) is 0 Å². The molecule has 3 N–H and O–H groups in total. The molecule has 8 heteroatoms. The maximum absolute atomic E-state index is 11.9. The number of nitrogens with zero attached hydrogens (tertiary/aromatic N) is 3. The Morgan fingerprint density at radius 1 is 1.50 bits per heavy atom. The van der Waals surface area contributed by atoms with Crippen molar-refractivity contribution in [1.82, 2.24) is 30.8 Å². The maximum atomic E-state index is 11.9. The number of pyridine rings is 1. The molecule has 1 fully saturated rings. The van der Waals surface area contributed by atoms with Gasteiger partial charge < -0.3 is 15.4 Å². The molecule has 1 aliphatic heterocycles. The van der Waals surface area contributed by atoms with Crippen LogP contribution in [0.5, 0.6) is 0 Å². The summed E-state index contributed by atoms with van der Waals surface area (Å²) in [5.74, 6) is 1.23. The number of hydrogen-bond acceptors (Lipinski definition) is 6. The van der Waals surface area contributed by atoms with E-state index in [9.17, 15) is 4.79 Å². The van der Waals surface area contributed by atoms with Crippen molar-refractivity contribution in [3.8, 4) is 11.4 Å². The summed E-state index contributed by atoms with van der Waals surface area (Å²) in [4.78, 5) is 20.3. The van der Waals surface area contributed by atoms with E-state index in [1.54, 1.807) is 12.4 Å². The molecular formula is C14H18N6O2. The number of carbonyl (C=O) groups excluding carboxylic acids is 1. The fraction of sp³-hybridized carbons (Fsp3) is 0.429. The predicted molar refractivity (Wildman–Crippen MR) is 78.9 cm³/mol. The minimum atomic E-state index is -0.408. The highest BCUT2D eigenvalue weighted by Gasteiger charge is 2.21. The van der Waals surface area contributed by atoms with Crippen LogP contribution in [0.15, 0.2) is 24.5 Å². The van der Waals surface area contributed by atoms with E-state index in [0.29, 0.717) is 31.9 Å². The van der Waals surface area contributed by atoms with E-state index in [4.69, 9.17) is 4.74 Å². The lowest BCUT2D eigenvalue weighted by Crippen LogP contribution is -2.48.